The number of rotatable bonds is 8. The molecule has 4 atom stereocenters. The molecule has 2 heterocycles. The molecule has 2 aliphatic rings. The predicted octanol–water partition coefficient (Wildman–Crippen LogP) is 2.19. The second-order valence-electron chi connectivity index (χ2n) is 9.07. The Bertz CT molecular complexity index is 1240. The van der Waals surface area contributed by atoms with Crippen LogP contribution in [-0.2, 0) is 25.7 Å². The Balaban J connectivity index is 1.43. The largest absolute Gasteiger partial charge is 0.480 e. The molecule has 2 aliphatic heterocycles. The Kier molecular flexibility index (Phi) is 7.07. The van der Waals surface area contributed by atoms with Crippen molar-refractivity contribution in [3.05, 3.63) is 75.8 Å². The van der Waals surface area contributed by atoms with Gasteiger partial charge in [0.15, 0.2) is 0 Å². The summed E-state index contributed by atoms with van der Waals surface area (Å²) in [6.45, 7) is 3.28. The molecule has 4 rings (SSSR count). The van der Waals surface area contributed by atoms with Crippen LogP contribution in [0.15, 0.2) is 54.6 Å². The van der Waals surface area contributed by atoms with E-state index in [0.29, 0.717) is 11.1 Å². The number of nitro groups is 1. The number of non-ortho nitro benzene ring substituents is 1. The molecule has 2 aromatic carbocycles. The fourth-order valence-corrected chi connectivity index (χ4v) is 5.98. The van der Waals surface area contributed by atoms with Crippen molar-refractivity contribution in [1.82, 2.24) is 15.5 Å². The summed E-state index contributed by atoms with van der Waals surface area (Å²) >= 11 is 1.29. The van der Waals surface area contributed by atoms with Gasteiger partial charge in [0, 0.05) is 16.9 Å². The number of aliphatic carboxylic acids is 1. The van der Waals surface area contributed by atoms with Crippen LogP contribution in [-0.4, -0.2) is 61.0 Å². The topological polar surface area (TPSA) is 168 Å². The van der Waals surface area contributed by atoms with Crippen LogP contribution in [0.3, 0.4) is 0 Å². The molecule has 37 heavy (non-hydrogen) atoms. The molecule has 2 unspecified atom stereocenters. The highest BCUT2D eigenvalue weighted by Gasteiger charge is 2.64. The minimum absolute atomic E-state index is 0.100. The highest BCUT2D eigenvalue weighted by Crippen LogP contribution is 2.50. The molecule has 0 spiro atoms. The number of thioether (sulfide) groups is 1. The van der Waals surface area contributed by atoms with Crippen molar-refractivity contribution in [2.75, 3.05) is 0 Å². The van der Waals surface area contributed by atoms with Crippen molar-refractivity contribution >= 4 is 41.3 Å². The van der Waals surface area contributed by atoms with Crippen LogP contribution in [0.2, 0.25) is 0 Å². The molecule has 3 N–H and O–H groups in total. The lowest BCUT2D eigenvalue weighted by atomic mass is 9.95. The summed E-state index contributed by atoms with van der Waals surface area (Å²) in [5, 5.41) is 25.0. The first-order chi connectivity index (χ1) is 17.5. The lowest BCUT2D eigenvalue weighted by molar-refractivity contribution is -0.384. The Morgan fingerprint density at radius 2 is 1.81 bits per heavy atom. The molecule has 2 fully saturated rings. The average molecular weight is 529 g/mol. The second-order valence-corrected chi connectivity index (χ2v) is 10.8. The number of carboxylic acids is 1. The molecule has 194 valence electrons. The van der Waals surface area contributed by atoms with Crippen LogP contribution in [0.5, 0.6) is 0 Å². The van der Waals surface area contributed by atoms with E-state index in [1.165, 1.54) is 40.9 Å². The summed E-state index contributed by atoms with van der Waals surface area (Å²) in [6, 6.07) is 10.7. The lowest BCUT2D eigenvalue weighted by Crippen LogP contribution is -2.71. The van der Waals surface area contributed by atoms with Gasteiger partial charge in [0.25, 0.3) is 5.69 Å². The lowest BCUT2D eigenvalue weighted by Gasteiger charge is -2.43. The van der Waals surface area contributed by atoms with Crippen molar-refractivity contribution in [3.63, 3.8) is 0 Å². The first-order valence-corrected chi connectivity index (χ1v) is 12.1. The fourth-order valence-electron chi connectivity index (χ4n) is 4.35. The quantitative estimate of drug-likeness (QED) is 0.264. The molecule has 12 nitrogen and oxygen atoms in total. The third kappa shape index (κ3) is 5.21. The number of carbonyl (C=O) groups excluding carboxylic acids is 3. The number of hydrogen-bond acceptors (Lipinski definition) is 8. The van der Waals surface area contributed by atoms with Gasteiger partial charge in [-0.15, -0.1) is 11.8 Å². The number of nitro benzene ring substituents is 1. The summed E-state index contributed by atoms with van der Waals surface area (Å²) in [6.07, 6.45) is -0.911. The van der Waals surface area contributed by atoms with Crippen LogP contribution in [0, 0.1) is 10.1 Å². The van der Waals surface area contributed by atoms with Crippen LogP contribution in [0.1, 0.15) is 31.0 Å². The maximum absolute atomic E-state index is 13.2. The van der Waals surface area contributed by atoms with Gasteiger partial charge in [-0.25, -0.2) is 9.59 Å². The van der Waals surface area contributed by atoms with Crippen molar-refractivity contribution in [2.24, 2.45) is 0 Å². The Morgan fingerprint density at radius 3 is 2.41 bits per heavy atom. The molecular weight excluding hydrogens is 504 g/mol. The number of alkyl carbamates (subject to hydrolysis) is 1. The van der Waals surface area contributed by atoms with Gasteiger partial charge >= 0.3 is 12.1 Å². The van der Waals surface area contributed by atoms with E-state index in [4.69, 9.17) is 4.74 Å². The van der Waals surface area contributed by atoms with Gasteiger partial charge in [-0.1, -0.05) is 30.3 Å². The van der Waals surface area contributed by atoms with E-state index in [9.17, 15) is 34.4 Å². The number of hydrogen-bond donors (Lipinski definition) is 3. The van der Waals surface area contributed by atoms with Crippen LogP contribution in [0.4, 0.5) is 10.5 Å². The third-order valence-electron chi connectivity index (χ3n) is 6.15. The molecule has 2 saturated heterocycles. The summed E-state index contributed by atoms with van der Waals surface area (Å²) in [4.78, 5) is 61.8. The standard InChI is InChI=1S/C24H24N4O8S/c1-24(2)18(22(31)32)27-20(30)17(21(27)37-24)25-19(29)16(14-6-4-3-5-7-14)26-23(33)36-12-13-8-10-15(11-9-13)28(34)35/h3-11,16-18,21H,12H2,1-2H3,(H,25,29)(H,26,33)(H,31,32)/t16?,17?,18-,21+/m0/s1. The van der Waals surface area contributed by atoms with E-state index in [2.05, 4.69) is 10.6 Å². The van der Waals surface area contributed by atoms with Crippen molar-refractivity contribution < 1.29 is 33.9 Å². The number of ether oxygens (including phenoxy) is 1. The molecule has 0 bridgehead atoms. The van der Waals surface area contributed by atoms with E-state index >= 15 is 0 Å². The van der Waals surface area contributed by atoms with E-state index in [1.807, 2.05) is 0 Å². The van der Waals surface area contributed by atoms with Crippen LogP contribution < -0.4 is 10.6 Å². The maximum Gasteiger partial charge on any atom is 0.408 e. The number of amides is 3. The van der Waals surface area contributed by atoms with E-state index in [-0.39, 0.29) is 12.3 Å². The fraction of sp³-hybridized carbons (Fsp3) is 0.333. The van der Waals surface area contributed by atoms with E-state index in [1.54, 1.807) is 44.2 Å². The average Bonchev–Trinajstić information content (AvgIpc) is 3.13. The van der Waals surface area contributed by atoms with Gasteiger partial charge in [0.1, 0.15) is 30.1 Å². The smallest absolute Gasteiger partial charge is 0.408 e. The number of β-lactam (4-membered cyclic amide) rings is 1. The first-order valence-electron chi connectivity index (χ1n) is 11.2. The van der Waals surface area contributed by atoms with Gasteiger partial charge in [0.05, 0.1) is 4.92 Å². The zero-order valence-corrected chi connectivity index (χ0v) is 20.6. The summed E-state index contributed by atoms with van der Waals surface area (Å²) in [5.74, 6) is -2.28. The minimum atomic E-state index is -1.19. The Labute approximate surface area is 215 Å². The minimum Gasteiger partial charge on any atom is -0.480 e. The van der Waals surface area contributed by atoms with Gasteiger partial charge in [-0.3, -0.25) is 19.7 Å². The number of carbonyl (C=O) groups is 4. The number of nitrogens with zero attached hydrogens (tertiary/aromatic N) is 2. The van der Waals surface area contributed by atoms with E-state index in [0.717, 1.165) is 0 Å². The number of nitrogens with one attached hydrogen (secondary N) is 2. The van der Waals surface area contributed by atoms with Crippen molar-refractivity contribution in [3.8, 4) is 0 Å². The van der Waals surface area contributed by atoms with Gasteiger partial charge < -0.3 is 25.4 Å². The highest BCUT2D eigenvalue weighted by atomic mass is 32.2. The molecule has 0 saturated carbocycles. The predicted molar refractivity (Wildman–Crippen MR) is 131 cm³/mol. The summed E-state index contributed by atoms with van der Waals surface area (Å²) in [7, 11) is 0. The molecular formula is C24H24N4O8S. The number of carboxylic acid groups (broad SMARTS) is 1. The second kappa shape index (κ2) is 10.1. The Morgan fingerprint density at radius 1 is 1.16 bits per heavy atom. The number of benzene rings is 2. The van der Waals surface area contributed by atoms with E-state index < -0.39 is 57.0 Å². The highest BCUT2D eigenvalue weighted by molar-refractivity contribution is 8.01. The Hall–Kier alpha value is -4.13. The van der Waals surface area contributed by atoms with Crippen LogP contribution >= 0.6 is 11.8 Å². The van der Waals surface area contributed by atoms with Crippen molar-refractivity contribution in [1.29, 1.82) is 0 Å². The third-order valence-corrected chi connectivity index (χ3v) is 7.72. The van der Waals surface area contributed by atoms with Crippen molar-refractivity contribution in [2.45, 2.75) is 48.7 Å². The first kappa shape index (κ1) is 25.9. The molecule has 0 aromatic heterocycles. The zero-order valence-electron chi connectivity index (χ0n) is 19.8. The maximum atomic E-state index is 13.2. The monoisotopic (exact) mass is 528 g/mol. The summed E-state index contributed by atoms with van der Waals surface area (Å²) < 4.78 is 4.44. The molecule has 0 radical (unpaired) electrons. The van der Waals surface area contributed by atoms with Crippen LogP contribution in [0.25, 0.3) is 0 Å². The van der Waals surface area contributed by atoms with Gasteiger partial charge in [-0.05, 0) is 37.1 Å². The summed E-state index contributed by atoms with van der Waals surface area (Å²) in [5.41, 5.74) is 0.853. The van der Waals surface area contributed by atoms with Gasteiger partial charge in [-0.2, -0.15) is 0 Å². The normalized spacial score (nSPS) is 22.3. The van der Waals surface area contributed by atoms with Gasteiger partial charge in [0.2, 0.25) is 11.8 Å². The molecule has 0 aliphatic carbocycles. The molecule has 13 heteroatoms. The number of fused-ring (bicyclic) bond motifs is 1. The molecule has 2 aromatic rings. The molecule has 3 amide bonds. The SMILES string of the molecule is CC1(C)S[C@@H]2C(NC(=O)C(NC(=O)OCc3ccc([N+](=O)[O-])cc3)c3ccccc3)C(=O)N2[C@H]1C(=O)O. The zero-order chi connectivity index (χ0) is 26.9.